The van der Waals surface area contributed by atoms with Crippen molar-refractivity contribution in [1.82, 2.24) is 4.90 Å². The highest BCUT2D eigenvalue weighted by molar-refractivity contribution is 7.98. The van der Waals surface area contributed by atoms with Crippen molar-refractivity contribution in [3.63, 3.8) is 0 Å². The second-order valence-corrected chi connectivity index (χ2v) is 7.16. The van der Waals surface area contributed by atoms with Crippen molar-refractivity contribution in [2.75, 3.05) is 37.3 Å². The standard InChI is InChI=1S/C17H23N3O2S.ClH/c1-23-15-4-2-14(3-5-15)20-11-13(8-16(20)21)17(22)19-7-6-12(9-18)10-19;/h2-5,12-13H,6-11,18H2,1H3;1H. The molecule has 0 bridgehead atoms. The van der Waals surface area contributed by atoms with Crippen LogP contribution in [0.1, 0.15) is 12.8 Å². The van der Waals surface area contributed by atoms with Crippen LogP contribution in [0.2, 0.25) is 0 Å². The molecule has 0 aromatic heterocycles. The zero-order valence-corrected chi connectivity index (χ0v) is 15.4. The number of halogens is 1. The highest BCUT2D eigenvalue weighted by Crippen LogP contribution is 2.29. The van der Waals surface area contributed by atoms with Crippen molar-refractivity contribution in [3.05, 3.63) is 24.3 Å². The first-order valence-electron chi connectivity index (χ1n) is 8.05. The molecular weight excluding hydrogens is 346 g/mol. The van der Waals surface area contributed by atoms with Crippen molar-refractivity contribution in [3.8, 4) is 0 Å². The first-order valence-corrected chi connectivity index (χ1v) is 9.28. The van der Waals surface area contributed by atoms with Gasteiger partial charge in [0.15, 0.2) is 0 Å². The summed E-state index contributed by atoms with van der Waals surface area (Å²) < 4.78 is 0. The molecule has 1 aromatic rings. The minimum absolute atomic E-state index is 0. The second kappa shape index (κ2) is 8.23. The average Bonchev–Trinajstić information content (AvgIpc) is 3.21. The lowest BCUT2D eigenvalue weighted by molar-refractivity contribution is -0.134. The molecule has 2 aliphatic rings. The molecule has 132 valence electrons. The lowest BCUT2D eigenvalue weighted by atomic mass is 10.1. The number of nitrogens with two attached hydrogens (primary N) is 1. The molecule has 2 unspecified atom stereocenters. The van der Waals surface area contributed by atoms with Crippen LogP contribution in [-0.2, 0) is 9.59 Å². The van der Waals surface area contributed by atoms with Crippen molar-refractivity contribution < 1.29 is 9.59 Å². The van der Waals surface area contributed by atoms with E-state index < -0.39 is 0 Å². The molecule has 0 saturated carbocycles. The van der Waals surface area contributed by atoms with E-state index in [-0.39, 0.29) is 30.1 Å². The van der Waals surface area contributed by atoms with Gasteiger partial charge in [-0.15, -0.1) is 24.2 Å². The normalized spacial score (nSPS) is 23.5. The smallest absolute Gasteiger partial charge is 0.228 e. The predicted molar refractivity (Wildman–Crippen MR) is 99.7 cm³/mol. The summed E-state index contributed by atoms with van der Waals surface area (Å²) in [6, 6.07) is 7.93. The van der Waals surface area contributed by atoms with E-state index in [1.165, 1.54) is 0 Å². The molecule has 2 atom stereocenters. The Morgan fingerprint density at radius 3 is 2.58 bits per heavy atom. The summed E-state index contributed by atoms with van der Waals surface area (Å²) in [5.74, 6) is 0.331. The van der Waals surface area contributed by atoms with Crippen molar-refractivity contribution in [2.45, 2.75) is 17.7 Å². The largest absolute Gasteiger partial charge is 0.342 e. The van der Waals surface area contributed by atoms with Crippen LogP contribution >= 0.6 is 24.2 Å². The third-order valence-electron chi connectivity index (χ3n) is 4.79. The molecule has 0 radical (unpaired) electrons. The van der Waals surface area contributed by atoms with Crippen molar-refractivity contribution >= 4 is 41.7 Å². The van der Waals surface area contributed by atoms with E-state index in [0.29, 0.717) is 25.4 Å². The van der Waals surface area contributed by atoms with E-state index in [1.54, 1.807) is 16.7 Å². The maximum Gasteiger partial charge on any atom is 0.228 e. The van der Waals surface area contributed by atoms with Crippen LogP contribution in [-0.4, -0.2) is 49.1 Å². The van der Waals surface area contributed by atoms with Crippen molar-refractivity contribution in [1.29, 1.82) is 0 Å². The molecule has 2 saturated heterocycles. The molecule has 1 aromatic carbocycles. The third-order valence-corrected chi connectivity index (χ3v) is 5.53. The Kier molecular flexibility index (Phi) is 6.54. The molecule has 7 heteroatoms. The van der Waals surface area contributed by atoms with Gasteiger partial charge in [-0.25, -0.2) is 0 Å². The average molecular weight is 370 g/mol. The number of amides is 2. The van der Waals surface area contributed by atoms with Gasteiger partial charge in [0.05, 0.1) is 5.92 Å². The monoisotopic (exact) mass is 369 g/mol. The molecule has 2 amide bonds. The van der Waals surface area contributed by atoms with Crippen LogP contribution in [0, 0.1) is 11.8 Å². The van der Waals surface area contributed by atoms with Crippen LogP contribution < -0.4 is 10.6 Å². The number of rotatable bonds is 4. The van der Waals surface area contributed by atoms with Gasteiger partial charge in [-0.2, -0.15) is 0 Å². The maximum atomic E-state index is 12.6. The van der Waals surface area contributed by atoms with E-state index in [2.05, 4.69) is 0 Å². The van der Waals surface area contributed by atoms with Crippen LogP contribution in [0.15, 0.2) is 29.2 Å². The molecule has 0 spiro atoms. The quantitative estimate of drug-likeness (QED) is 0.824. The SMILES string of the molecule is CSc1ccc(N2CC(C(=O)N3CCC(CN)C3)CC2=O)cc1.Cl. The summed E-state index contributed by atoms with van der Waals surface area (Å²) >= 11 is 1.67. The van der Waals surface area contributed by atoms with E-state index in [1.807, 2.05) is 35.4 Å². The molecule has 2 aliphatic heterocycles. The molecular formula is C17H24ClN3O2S. The number of nitrogens with zero attached hydrogens (tertiary/aromatic N) is 2. The third kappa shape index (κ3) is 3.87. The molecule has 3 rings (SSSR count). The Balaban J connectivity index is 0.00000208. The number of carbonyl (C=O) groups is 2. The van der Waals surface area contributed by atoms with Gasteiger partial charge in [-0.3, -0.25) is 9.59 Å². The van der Waals surface area contributed by atoms with Gasteiger partial charge >= 0.3 is 0 Å². The fraction of sp³-hybridized carbons (Fsp3) is 0.529. The number of thioether (sulfide) groups is 1. The number of carbonyl (C=O) groups excluding carboxylic acids is 2. The van der Waals surface area contributed by atoms with E-state index in [4.69, 9.17) is 5.73 Å². The Morgan fingerprint density at radius 2 is 2.00 bits per heavy atom. The number of hydrogen-bond donors (Lipinski definition) is 1. The molecule has 5 nitrogen and oxygen atoms in total. The zero-order chi connectivity index (χ0) is 16.4. The summed E-state index contributed by atoms with van der Waals surface area (Å²) in [6.45, 7) is 2.62. The highest BCUT2D eigenvalue weighted by Gasteiger charge is 2.38. The van der Waals surface area contributed by atoms with Gasteiger partial charge in [0.1, 0.15) is 0 Å². The zero-order valence-electron chi connectivity index (χ0n) is 13.8. The van der Waals surface area contributed by atoms with Gasteiger partial charge in [-0.1, -0.05) is 0 Å². The summed E-state index contributed by atoms with van der Waals surface area (Å²) in [5.41, 5.74) is 6.57. The number of anilines is 1. The second-order valence-electron chi connectivity index (χ2n) is 6.28. The lowest BCUT2D eigenvalue weighted by Crippen LogP contribution is -2.36. The lowest BCUT2D eigenvalue weighted by Gasteiger charge is -2.21. The number of benzene rings is 1. The maximum absolute atomic E-state index is 12.6. The molecule has 0 aliphatic carbocycles. The number of hydrogen-bond acceptors (Lipinski definition) is 4. The Labute approximate surface area is 153 Å². The minimum atomic E-state index is -0.223. The molecule has 24 heavy (non-hydrogen) atoms. The van der Waals surface area contributed by atoms with Crippen LogP contribution in [0.4, 0.5) is 5.69 Å². The van der Waals surface area contributed by atoms with E-state index in [0.717, 1.165) is 30.1 Å². The summed E-state index contributed by atoms with van der Waals surface area (Å²) in [6.07, 6.45) is 3.31. The van der Waals surface area contributed by atoms with Crippen molar-refractivity contribution in [2.24, 2.45) is 17.6 Å². The fourth-order valence-electron chi connectivity index (χ4n) is 3.37. The van der Waals surface area contributed by atoms with Crippen LogP contribution in [0.5, 0.6) is 0 Å². The topological polar surface area (TPSA) is 66.6 Å². The Bertz CT molecular complexity index is 596. The summed E-state index contributed by atoms with van der Waals surface area (Å²) in [7, 11) is 0. The first kappa shape index (κ1) is 19.1. The Hall–Kier alpha value is -1.24. The van der Waals surface area contributed by atoms with Crippen LogP contribution in [0.25, 0.3) is 0 Å². The van der Waals surface area contributed by atoms with Gasteiger partial charge in [0.25, 0.3) is 0 Å². The van der Waals surface area contributed by atoms with E-state index in [9.17, 15) is 9.59 Å². The predicted octanol–water partition coefficient (Wildman–Crippen LogP) is 1.99. The van der Waals surface area contributed by atoms with Gasteiger partial charge in [-0.05, 0) is 49.4 Å². The van der Waals surface area contributed by atoms with E-state index >= 15 is 0 Å². The Morgan fingerprint density at radius 1 is 1.29 bits per heavy atom. The highest BCUT2D eigenvalue weighted by atomic mass is 35.5. The molecule has 2 fully saturated rings. The summed E-state index contributed by atoms with van der Waals surface area (Å²) in [5, 5.41) is 0. The van der Waals surface area contributed by atoms with Gasteiger partial charge in [0, 0.05) is 36.6 Å². The first-order chi connectivity index (χ1) is 11.1. The molecule has 2 N–H and O–H groups in total. The number of likely N-dealkylation sites (tertiary alicyclic amines) is 1. The summed E-state index contributed by atoms with van der Waals surface area (Å²) in [4.78, 5) is 29.7. The van der Waals surface area contributed by atoms with Gasteiger partial charge in [0.2, 0.25) is 11.8 Å². The minimum Gasteiger partial charge on any atom is -0.342 e. The van der Waals surface area contributed by atoms with Crippen LogP contribution in [0.3, 0.4) is 0 Å². The van der Waals surface area contributed by atoms with Gasteiger partial charge < -0.3 is 15.5 Å². The molecule has 2 heterocycles. The fourth-order valence-corrected chi connectivity index (χ4v) is 3.78.